The van der Waals surface area contributed by atoms with Crippen molar-refractivity contribution in [1.82, 2.24) is 10.2 Å². The first-order valence-electron chi connectivity index (χ1n) is 11.5. The third-order valence-electron chi connectivity index (χ3n) is 6.72. The van der Waals surface area contributed by atoms with Crippen LogP contribution in [0.5, 0.6) is 0 Å². The molecule has 182 valence electrons. The van der Waals surface area contributed by atoms with E-state index in [1.807, 2.05) is 0 Å². The van der Waals surface area contributed by atoms with E-state index in [-0.39, 0.29) is 22.4 Å². The minimum Gasteiger partial charge on any atom is -0.339 e. The third kappa shape index (κ3) is 5.20. The van der Waals surface area contributed by atoms with Gasteiger partial charge < -0.3 is 10.2 Å². The van der Waals surface area contributed by atoms with Crippen LogP contribution < -0.4 is 5.32 Å². The van der Waals surface area contributed by atoms with Gasteiger partial charge in [0.1, 0.15) is 11.6 Å². The van der Waals surface area contributed by atoms with Crippen molar-refractivity contribution < 1.29 is 26.8 Å². The average molecular weight is 491 g/mol. The maximum Gasteiger partial charge on any atom is 0.254 e. The van der Waals surface area contributed by atoms with Crippen molar-refractivity contribution in [1.29, 1.82) is 0 Å². The van der Waals surface area contributed by atoms with Crippen LogP contribution in [0.15, 0.2) is 41.3 Å². The number of piperidine rings is 2. The highest BCUT2D eigenvalue weighted by Crippen LogP contribution is 2.30. The summed E-state index contributed by atoms with van der Waals surface area (Å²) in [4.78, 5) is 28.0. The van der Waals surface area contributed by atoms with E-state index < -0.39 is 33.2 Å². The van der Waals surface area contributed by atoms with Crippen LogP contribution in [0.2, 0.25) is 0 Å². The summed E-state index contributed by atoms with van der Waals surface area (Å²) in [5.41, 5.74) is 0.998. The second-order valence-electron chi connectivity index (χ2n) is 9.08. The summed E-state index contributed by atoms with van der Waals surface area (Å²) in [6.07, 6.45) is 4.75. The SMILES string of the molecule is CS(=O)(=O)c1ccc(C2CCCCN2)c(C(=O)N2CCC(C(=O)c3ccc(F)cc3F)CC2)c1. The van der Waals surface area contributed by atoms with Crippen LogP contribution in [0.3, 0.4) is 0 Å². The van der Waals surface area contributed by atoms with Crippen LogP contribution in [0, 0.1) is 17.6 Å². The zero-order valence-electron chi connectivity index (χ0n) is 19.0. The van der Waals surface area contributed by atoms with Gasteiger partial charge in [-0.3, -0.25) is 9.59 Å². The first-order chi connectivity index (χ1) is 16.1. The zero-order chi connectivity index (χ0) is 24.5. The van der Waals surface area contributed by atoms with E-state index in [0.717, 1.165) is 49.8 Å². The van der Waals surface area contributed by atoms with Crippen LogP contribution in [-0.4, -0.2) is 50.9 Å². The fourth-order valence-corrected chi connectivity index (χ4v) is 5.44. The van der Waals surface area contributed by atoms with E-state index in [4.69, 9.17) is 0 Å². The molecule has 2 aromatic rings. The number of nitrogens with one attached hydrogen (secondary N) is 1. The lowest BCUT2D eigenvalue weighted by Gasteiger charge is -2.33. The summed E-state index contributed by atoms with van der Waals surface area (Å²) in [7, 11) is -3.49. The number of nitrogens with zero attached hydrogens (tertiary/aromatic N) is 1. The van der Waals surface area contributed by atoms with Gasteiger partial charge in [-0.25, -0.2) is 17.2 Å². The van der Waals surface area contributed by atoms with Gasteiger partial charge in [0.25, 0.3) is 5.91 Å². The van der Waals surface area contributed by atoms with Gasteiger partial charge in [0, 0.05) is 42.9 Å². The largest absolute Gasteiger partial charge is 0.339 e. The Morgan fingerprint density at radius 1 is 0.971 bits per heavy atom. The lowest BCUT2D eigenvalue weighted by molar-refractivity contribution is 0.0647. The molecule has 1 atom stereocenters. The second kappa shape index (κ2) is 9.92. The Morgan fingerprint density at radius 3 is 2.32 bits per heavy atom. The Hall–Kier alpha value is -2.65. The fraction of sp³-hybridized carbons (Fsp3) is 0.440. The molecule has 2 saturated heterocycles. The molecule has 0 aliphatic carbocycles. The zero-order valence-corrected chi connectivity index (χ0v) is 19.8. The van der Waals surface area contributed by atoms with Crippen LogP contribution in [0.1, 0.15) is 64.4 Å². The number of carbonyl (C=O) groups excluding carboxylic acids is 2. The van der Waals surface area contributed by atoms with E-state index in [0.29, 0.717) is 37.6 Å². The topological polar surface area (TPSA) is 83.6 Å². The predicted molar refractivity (Wildman–Crippen MR) is 123 cm³/mol. The molecule has 4 rings (SSSR count). The molecule has 0 bridgehead atoms. The standard InChI is InChI=1S/C25H28F2N2O4S/c1-34(32,33)18-6-8-19(23-4-2-3-11-28-23)21(15-18)25(31)29-12-9-16(10-13-29)24(30)20-7-5-17(26)14-22(20)27/h5-8,14-16,23,28H,2-4,9-13H2,1H3. The lowest BCUT2D eigenvalue weighted by atomic mass is 9.88. The number of ketones is 1. The first-order valence-corrected chi connectivity index (χ1v) is 13.4. The highest BCUT2D eigenvalue weighted by atomic mass is 32.2. The summed E-state index contributed by atoms with van der Waals surface area (Å²) in [5.74, 6) is -2.76. The molecule has 0 saturated carbocycles. The van der Waals surface area contributed by atoms with Gasteiger partial charge in [0.2, 0.25) is 0 Å². The average Bonchev–Trinajstić information content (AvgIpc) is 2.83. The molecule has 1 amide bonds. The van der Waals surface area contributed by atoms with Crippen molar-refractivity contribution in [3.05, 3.63) is 64.7 Å². The predicted octanol–water partition coefficient (Wildman–Crippen LogP) is 3.92. The van der Waals surface area contributed by atoms with Gasteiger partial charge in [-0.05, 0) is 62.1 Å². The van der Waals surface area contributed by atoms with Crippen LogP contribution in [-0.2, 0) is 9.84 Å². The molecule has 9 heteroatoms. The first kappa shape index (κ1) is 24.5. The molecule has 2 aliphatic heterocycles. The fourth-order valence-electron chi connectivity index (χ4n) is 4.80. The summed E-state index contributed by atoms with van der Waals surface area (Å²) >= 11 is 0. The van der Waals surface area contributed by atoms with Gasteiger partial charge in [0.15, 0.2) is 15.6 Å². The van der Waals surface area contributed by atoms with E-state index in [2.05, 4.69) is 5.32 Å². The molecular formula is C25H28F2N2O4S. The summed E-state index contributed by atoms with van der Waals surface area (Å²) in [6, 6.07) is 7.60. The Balaban J connectivity index is 1.53. The van der Waals surface area contributed by atoms with E-state index in [1.165, 1.54) is 6.07 Å². The van der Waals surface area contributed by atoms with Gasteiger partial charge in [0.05, 0.1) is 10.5 Å². The molecule has 34 heavy (non-hydrogen) atoms. The minimum absolute atomic E-state index is 0.0260. The summed E-state index contributed by atoms with van der Waals surface area (Å²) in [5, 5.41) is 3.41. The molecular weight excluding hydrogens is 462 g/mol. The number of halogens is 2. The Labute approximate surface area is 198 Å². The molecule has 0 spiro atoms. The highest BCUT2D eigenvalue weighted by Gasteiger charge is 2.32. The molecule has 0 radical (unpaired) electrons. The molecule has 1 N–H and O–H groups in total. The van der Waals surface area contributed by atoms with Crippen molar-refractivity contribution >= 4 is 21.5 Å². The van der Waals surface area contributed by atoms with Crippen LogP contribution in [0.25, 0.3) is 0 Å². The number of hydrogen-bond acceptors (Lipinski definition) is 5. The Morgan fingerprint density at radius 2 is 1.71 bits per heavy atom. The quantitative estimate of drug-likeness (QED) is 0.643. The Bertz CT molecular complexity index is 1200. The monoisotopic (exact) mass is 490 g/mol. The molecule has 0 aromatic heterocycles. The lowest BCUT2D eigenvalue weighted by Crippen LogP contribution is -2.41. The van der Waals surface area contributed by atoms with Gasteiger partial charge in [-0.1, -0.05) is 12.5 Å². The van der Waals surface area contributed by atoms with Crippen LogP contribution in [0.4, 0.5) is 8.78 Å². The molecule has 2 heterocycles. The van der Waals surface area contributed by atoms with Gasteiger partial charge in [-0.15, -0.1) is 0 Å². The molecule has 2 fully saturated rings. The van der Waals surface area contributed by atoms with Crippen molar-refractivity contribution in [3.8, 4) is 0 Å². The molecule has 2 aliphatic rings. The molecule has 1 unspecified atom stereocenters. The third-order valence-corrected chi connectivity index (χ3v) is 7.83. The van der Waals surface area contributed by atoms with E-state index >= 15 is 0 Å². The minimum atomic E-state index is -3.49. The van der Waals surface area contributed by atoms with Crippen molar-refractivity contribution in [2.45, 2.75) is 43.0 Å². The highest BCUT2D eigenvalue weighted by molar-refractivity contribution is 7.90. The number of likely N-dealkylation sites (tertiary alicyclic amines) is 1. The summed E-state index contributed by atoms with van der Waals surface area (Å²) < 4.78 is 51.5. The number of sulfone groups is 1. The second-order valence-corrected chi connectivity index (χ2v) is 11.1. The maximum atomic E-state index is 14.1. The summed E-state index contributed by atoms with van der Waals surface area (Å²) in [6.45, 7) is 1.41. The Kier molecular flexibility index (Phi) is 7.14. The maximum absolute atomic E-state index is 14.1. The number of benzene rings is 2. The molecule has 6 nitrogen and oxygen atoms in total. The number of Topliss-reactive ketones (excluding diaryl/α,β-unsaturated/α-hetero) is 1. The van der Waals surface area contributed by atoms with Gasteiger partial charge in [-0.2, -0.15) is 0 Å². The van der Waals surface area contributed by atoms with E-state index in [9.17, 15) is 26.8 Å². The number of hydrogen-bond donors (Lipinski definition) is 1. The number of amides is 1. The smallest absolute Gasteiger partial charge is 0.254 e. The van der Waals surface area contributed by atoms with E-state index in [1.54, 1.807) is 17.0 Å². The number of rotatable bonds is 5. The molecule has 2 aromatic carbocycles. The normalized spacial score (nSPS) is 19.7. The van der Waals surface area contributed by atoms with Gasteiger partial charge >= 0.3 is 0 Å². The van der Waals surface area contributed by atoms with Crippen LogP contribution >= 0.6 is 0 Å². The number of carbonyl (C=O) groups is 2. The van der Waals surface area contributed by atoms with Crippen molar-refractivity contribution in [2.75, 3.05) is 25.9 Å². The van der Waals surface area contributed by atoms with Crippen molar-refractivity contribution in [3.63, 3.8) is 0 Å². The van der Waals surface area contributed by atoms with Crippen molar-refractivity contribution in [2.24, 2.45) is 5.92 Å².